The van der Waals surface area contributed by atoms with Gasteiger partial charge in [-0.1, -0.05) is 11.6 Å². The van der Waals surface area contributed by atoms with E-state index in [2.05, 4.69) is 0 Å². The van der Waals surface area contributed by atoms with Crippen molar-refractivity contribution in [3.63, 3.8) is 0 Å². The Hall–Kier alpha value is -1.09. The summed E-state index contributed by atoms with van der Waals surface area (Å²) in [6.07, 6.45) is 0.150. The van der Waals surface area contributed by atoms with Crippen molar-refractivity contribution >= 4 is 17.4 Å². The van der Waals surface area contributed by atoms with E-state index in [1.807, 2.05) is 0 Å². The summed E-state index contributed by atoms with van der Waals surface area (Å²) in [5, 5.41) is -0.00541. The highest BCUT2D eigenvalue weighted by Crippen LogP contribution is 2.26. The summed E-state index contributed by atoms with van der Waals surface area (Å²) in [4.78, 5) is 10.9. The van der Waals surface area contributed by atoms with Crippen molar-refractivity contribution in [3.05, 3.63) is 28.5 Å². The minimum atomic E-state index is -0.538. The minimum absolute atomic E-state index is 0.00541. The summed E-state index contributed by atoms with van der Waals surface area (Å²) in [7, 11) is 1.45. The summed E-state index contributed by atoms with van der Waals surface area (Å²) in [6, 6.07) is 2.59. The maximum atomic E-state index is 13.0. The van der Waals surface area contributed by atoms with Crippen LogP contribution in [0.4, 0.5) is 4.39 Å². The number of hydrogen-bond acceptors (Lipinski definition) is 2. The Morgan fingerprint density at radius 3 is 2.71 bits per heavy atom. The van der Waals surface area contributed by atoms with Gasteiger partial charge in [0.2, 0.25) is 0 Å². The van der Waals surface area contributed by atoms with E-state index in [1.54, 1.807) is 0 Å². The average Bonchev–Trinajstić information content (AvgIpc) is 2.10. The maximum absolute atomic E-state index is 13.0. The summed E-state index contributed by atoms with van der Waals surface area (Å²) in [5.74, 6) is -0.152. The molecule has 0 aliphatic carbocycles. The van der Waals surface area contributed by atoms with Crippen LogP contribution in [0.25, 0.3) is 0 Å². The number of Topliss-reactive ketones (excluding diaryl/α,β-unsaturated/α-hetero) is 1. The Morgan fingerprint density at radius 2 is 2.21 bits per heavy atom. The Balaban J connectivity index is 3.13. The first-order valence-corrected chi connectivity index (χ1v) is 4.43. The summed E-state index contributed by atoms with van der Waals surface area (Å²) in [5.41, 5.74) is 0.516. The van der Waals surface area contributed by atoms with Gasteiger partial charge >= 0.3 is 0 Å². The van der Waals surface area contributed by atoms with Crippen molar-refractivity contribution in [2.75, 3.05) is 7.11 Å². The molecular formula is C10H10ClFO2. The van der Waals surface area contributed by atoms with Gasteiger partial charge in [-0.15, -0.1) is 0 Å². The molecule has 1 aromatic carbocycles. The molecule has 1 rings (SSSR count). The second-order valence-electron chi connectivity index (χ2n) is 2.96. The lowest BCUT2D eigenvalue weighted by Gasteiger charge is -2.07. The lowest BCUT2D eigenvalue weighted by atomic mass is 10.1. The molecule has 0 saturated carbocycles. The van der Waals surface area contributed by atoms with Crippen LogP contribution < -0.4 is 4.74 Å². The van der Waals surface area contributed by atoms with Crippen molar-refractivity contribution in [2.24, 2.45) is 0 Å². The number of rotatable bonds is 3. The molecule has 2 nitrogen and oxygen atoms in total. The molecule has 4 heteroatoms. The van der Waals surface area contributed by atoms with Crippen molar-refractivity contribution in [2.45, 2.75) is 13.3 Å². The number of carbonyl (C=O) groups is 1. The highest BCUT2D eigenvalue weighted by molar-refractivity contribution is 6.30. The van der Waals surface area contributed by atoms with Gasteiger partial charge in [0.25, 0.3) is 0 Å². The van der Waals surface area contributed by atoms with Crippen LogP contribution in [0.5, 0.6) is 5.75 Å². The molecule has 0 saturated heterocycles. The molecule has 14 heavy (non-hydrogen) atoms. The van der Waals surface area contributed by atoms with E-state index >= 15 is 0 Å². The summed E-state index contributed by atoms with van der Waals surface area (Å²) in [6.45, 7) is 1.44. The van der Waals surface area contributed by atoms with Gasteiger partial charge in [-0.2, -0.15) is 0 Å². The molecule has 0 spiro atoms. The molecule has 0 aromatic heterocycles. The van der Waals surface area contributed by atoms with Crippen LogP contribution in [0.2, 0.25) is 5.02 Å². The van der Waals surface area contributed by atoms with E-state index in [1.165, 1.54) is 26.2 Å². The third kappa shape index (κ3) is 2.45. The van der Waals surface area contributed by atoms with Crippen LogP contribution in [-0.4, -0.2) is 12.9 Å². The first-order valence-electron chi connectivity index (χ1n) is 4.06. The molecule has 0 heterocycles. The second kappa shape index (κ2) is 4.42. The van der Waals surface area contributed by atoms with Crippen molar-refractivity contribution in [3.8, 4) is 5.75 Å². The summed E-state index contributed by atoms with van der Waals surface area (Å²) < 4.78 is 18.0. The highest BCUT2D eigenvalue weighted by atomic mass is 35.5. The van der Waals surface area contributed by atoms with E-state index in [4.69, 9.17) is 16.3 Å². The highest BCUT2D eigenvalue weighted by Gasteiger charge is 2.10. The molecule has 76 valence electrons. The van der Waals surface area contributed by atoms with E-state index in [0.29, 0.717) is 11.3 Å². The smallest absolute Gasteiger partial charge is 0.142 e. The molecule has 0 unspecified atom stereocenters. The van der Waals surface area contributed by atoms with Gasteiger partial charge < -0.3 is 4.74 Å². The van der Waals surface area contributed by atoms with Gasteiger partial charge in [0.1, 0.15) is 17.3 Å². The predicted octanol–water partition coefficient (Wildman–Crippen LogP) is 2.62. The standard InChI is InChI=1S/C10H10ClFO2/c1-6(13)3-7-4-9(12)8(11)5-10(7)14-2/h4-5H,3H2,1-2H3. The number of hydrogen-bond donors (Lipinski definition) is 0. The van der Waals surface area contributed by atoms with Crippen molar-refractivity contribution in [1.82, 2.24) is 0 Å². The van der Waals surface area contributed by atoms with Gasteiger partial charge in [-0.25, -0.2) is 4.39 Å². The number of benzene rings is 1. The Bertz CT molecular complexity index is 363. The SMILES string of the molecule is COc1cc(Cl)c(F)cc1CC(C)=O. The number of methoxy groups -OCH3 is 1. The van der Waals surface area contributed by atoms with E-state index < -0.39 is 5.82 Å². The second-order valence-corrected chi connectivity index (χ2v) is 3.36. The minimum Gasteiger partial charge on any atom is -0.496 e. The largest absolute Gasteiger partial charge is 0.496 e. The first kappa shape index (κ1) is 11.0. The molecule has 0 amide bonds. The fraction of sp³-hybridized carbons (Fsp3) is 0.300. The van der Waals surface area contributed by atoms with Crippen molar-refractivity contribution in [1.29, 1.82) is 0 Å². The lowest BCUT2D eigenvalue weighted by Crippen LogP contribution is -2.00. The Kier molecular flexibility index (Phi) is 3.47. The predicted molar refractivity (Wildman–Crippen MR) is 52.3 cm³/mol. The molecule has 0 aliphatic rings. The van der Waals surface area contributed by atoms with Crippen LogP contribution >= 0.6 is 11.6 Å². The van der Waals surface area contributed by atoms with E-state index in [0.717, 1.165) is 0 Å². The number of halogens is 2. The monoisotopic (exact) mass is 216 g/mol. The molecule has 0 fully saturated rings. The van der Waals surface area contributed by atoms with Crippen LogP contribution in [0.15, 0.2) is 12.1 Å². The number of ether oxygens (including phenoxy) is 1. The zero-order valence-electron chi connectivity index (χ0n) is 7.93. The fourth-order valence-electron chi connectivity index (χ4n) is 1.17. The van der Waals surface area contributed by atoms with Gasteiger partial charge in [-0.3, -0.25) is 4.79 Å². The van der Waals surface area contributed by atoms with Crippen LogP contribution in [0.1, 0.15) is 12.5 Å². The normalized spacial score (nSPS) is 10.0. The van der Waals surface area contributed by atoms with Gasteiger partial charge in [-0.05, 0) is 13.0 Å². The third-order valence-corrected chi connectivity index (χ3v) is 2.05. The molecule has 0 N–H and O–H groups in total. The van der Waals surface area contributed by atoms with E-state index in [9.17, 15) is 9.18 Å². The fourth-order valence-corrected chi connectivity index (χ4v) is 1.32. The molecule has 0 aliphatic heterocycles. The van der Waals surface area contributed by atoms with Crippen LogP contribution in [0, 0.1) is 5.82 Å². The zero-order valence-corrected chi connectivity index (χ0v) is 8.69. The maximum Gasteiger partial charge on any atom is 0.142 e. The lowest BCUT2D eigenvalue weighted by molar-refractivity contribution is -0.116. The van der Waals surface area contributed by atoms with Gasteiger partial charge in [0, 0.05) is 18.1 Å². The number of ketones is 1. The molecular weight excluding hydrogens is 207 g/mol. The van der Waals surface area contributed by atoms with Crippen molar-refractivity contribution < 1.29 is 13.9 Å². The molecule has 1 aromatic rings. The topological polar surface area (TPSA) is 26.3 Å². The first-order chi connectivity index (χ1) is 6.54. The van der Waals surface area contributed by atoms with Gasteiger partial charge in [0.05, 0.1) is 12.1 Å². The summed E-state index contributed by atoms with van der Waals surface area (Å²) >= 11 is 5.56. The third-order valence-electron chi connectivity index (χ3n) is 1.76. The Morgan fingerprint density at radius 1 is 1.57 bits per heavy atom. The zero-order chi connectivity index (χ0) is 10.7. The molecule has 0 radical (unpaired) electrons. The Labute approximate surface area is 86.6 Å². The molecule has 0 atom stereocenters. The average molecular weight is 217 g/mol. The quantitative estimate of drug-likeness (QED) is 0.777. The van der Waals surface area contributed by atoms with Gasteiger partial charge in [0.15, 0.2) is 0 Å². The molecule has 0 bridgehead atoms. The van der Waals surface area contributed by atoms with Crippen LogP contribution in [-0.2, 0) is 11.2 Å². The number of carbonyl (C=O) groups excluding carboxylic acids is 1. The van der Waals surface area contributed by atoms with E-state index in [-0.39, 0.29) is 17.2 Å². The van der Waals surface area contributed by atoms with Crippen LogP contribution in [0.3, 0.4) is 0 Å².